The molecule has 1 N–H and O–H groups in total. The van der Waals surface area contributed by atoms with E-state index in [9.17, 15) is 18.0 Å². The van der Waals surface area contributed by atoms with Gasteiger partial charge >= 0.3 is 6.18 Å². The molecule has 10 heteroatoms. The van der Waals surface area contributed by atoms with Gasteiger partial charge in [-0.1, -0.05) is 6.07 Å². The van der Waals surface area contributed by atoms with Gasteiger partial charge < -0.3 is 10.1 Å². The van der Waals surface area contributed by atoms with Crippen LogP contribution < -0.4 is 5.32 Å². The second-order valence-corrected chi connectivity index (χ2v) is 7.46. The summed E-state index contributed by atoms with van der Waals surface area (Å²) in [5.74, 6) is -0.779. The van der Waals surface area contributed by atoms with Crippen molar-refractivity contribution in [2.24, 2.45) is 7.05 Å². The van der Waals surface area contributed by atoms with E-state index < -0.39 is 23.3 Å². The number of aromatic nitrogens is 2. The van der Waals surface area contributed by atoms with Crippen molar-refractivity contribution >= 4 is 17.2 Å². The molecule has 148 valence electrons. The monoisotopic (exact) mass is 402 g/mol. The first-order chi connectivity index (χ1) is 12.8. The molecule has 1 aliphatic heterocycles. The highest BCUT2D eigenvalue weighted by Gasteiger charge is 2.39. The van der Waals surface area contributed by atoms with Gasteiger partial charge in [0.1, 0.15) is 0 Å². The zero-order valence-corrected chi connectivity index (χ0v) is 15.8. The van der Waals surface area contributed by atoms with Crippen molar-refractivity contribution in [1.29, 1.82) is 0 Å². The molecule has 0 spiro atoms. The quantitative estimate of drug-likeness (QED) is 0.836. The highest BCUT2D eigenvalue weighted by Crippen LogP contribution is 2.31. The molecule has 2 aromatic rings. The fraction of sp³-hybridized carbons (Fsp3) is 0.529. The van der Waals surface area contributed by atoms with E-state index in [1.165, 1.54) is 7.05 Å². The Morgan fingerprint density at radius 3 is 2.93 bits per heavy atom. The van der Waals surface area contributed by atoms with Gasteiger partial charge in [-0.2, -0.15) is 18.3 Å². The average Bonchev–Trinajstić information content (AvgIpc) is 3.24. The van der Waals surface area contributed by atoms with Crippen LogP contribution in [0.3, 0.4) is 0 Å². The largest absolute Gasteiger partial charge is 0.435 e. The Morgan fingerprint density at radius 1 is 1.52 bits per heavy atom. The molecule has 0 radical (unpaired) electrons. The lowest BCUT2D eigenvalue weighted by Crippen LogP contribution is -2.46. The Kier molecular flexibility index (Phi) is 5.87. The normalized spacial score (nSPS) is 19.8. The van der Waals surface area contributed by atoms with Gasteiger partial charge in [-0.05, 0) is 18.4 Å². The van der Waals surface area contributed by atoms with Crippen molar-refractivity contribution < 1.29 is 22.7 Å². The van der Waals surface area contributed by atoms with Crippen LogP contribution in [0.1, 0.15) is 33.9 Å². The molecule has 2 atom stereocenters. The number of halogens is 3. The number of alkyl halides is 3. The summed E-state index contributed by atoms with van der Waals surface area (Å²) in [7, 11) is 1.36. The summed E-state index contributed by atoms with van der Waals surface area (Å²) in [5, 5.41) is 7.98. The maximum Gasteiger partial charge on any atom is 0.435 e. The molecule has 1 saturated heterocycles. The Labute approximate surface area is 158 Å². The first-order valence-electron chi connectivity index (χ1n) is 8.54. The van der Waals surface area contributed by atoms with E-state index in [2.05, 4.69) is 15.3 Å². The van der Waals surface area contributed by atoms with E-state index in [4.69, 9.17) is 4.74 Å². The Balaban J connectivity index is 1.75. The number of thiophene rings is 1. The molecule has 6 nitrogen and oxygen atoms in total. The number of ether oxygens (including phenoxy) is 1. The number of carbonyl (C=O) groups excluding carboxylic acids is 1. The van der Waals surface area contributed by atoms with Crippen LogP contribution >= 0.6 is 11.3 Å². The fourth-order valence-electron chi connectivity index (χ4n) is 3.17. The predicted molar refractivity (Wildman–Crippen MR) is 94.6 cm³/mol. The molecule has 0 saturated carbocycles. The molecule has 0 aromatic carbocycles. The van der Waals surface area contributed by atoms with Crippen molar-refractivity contribution in [3.8, 4) is 0 Å². The average molecular weight is 402 g/mol. The fourth-order valence-corrected chi connectivity index (χ4v) is 4.03. The maximum atomic E-state index is 13.1. The van der Waals surface area contributed by atoms with E-state index in [-0.39, 0.29) is 18.7 Å². The highest BCUT2D eigenvalue weighted by atomic mass is 32.1. The Hall–Kier alpha value is -1.91. The zero-order valence-electron chi connectivity index (χ0n) is 15.0. The van der Waals surface area contributed by atoms with Crippen LogP contribution in [0.4, 0.5) is 13.2 Å². The van der Waals surface area contributed by atoms with Gasteiger partial charge in [0, 0.05) is 37.8 Å². The number of rotatable bonds is 5. The smallest absolute Gasteiger partial charge is 0.376 e. The first kappa shape index (κ1) is 19.8. The number of morpholine rings is 1. The second kappa shape index (κ2) is 7.99. The Bertz CT molecular complexity index is 776. The van der Waals surface area contributed by atoms with Crippen molar-refractivity contribution in [3.63, 3.8) is 0 Å². The highest BCUT2D eigenvalue weighted by molar-refractivity contribution is 7.10. The summed E-state index contributed by atoms with van der Waals surface area (Å²) in [6, 6.07) is 3.76. The van der Waals surface area contributed by atoms with E-state index in [0.29, 0.717) is 19.7 Å². The van der Waals surface area contributed by atoms with Crippen molar-refractivity contribution in [2.45, 2.75) is 25.2 Å². The standard InChI is InChI=1S/C17H21F3N4O2S/c1-11-9-24(5-6-26-11)13(14-4-3-7-27-14)8-21-16(25)12-10-23(2)22-15(12)17(18,19)20/h3-4,7,10-11,13H,5-6,8-9H2,1-2H3,(H,21,25)/t11-,13+/m1/s1. The minimum atomic E-state index is -4.68. The lowest BCUT2D eigenvalue weighted by Gasteiger charge is -2.37. The minimum absolute atomic E-state index is 0.0621. The summed E-state index contributed by atoms with van der Waals surface area (Å²) < 4.78 is 45.9. The molecule has 1 fully saturated rings. The van der Waals surface area contributed by atoms with Gasteiger partial charge in [-0.25, -0.2) is 0 Å². The van der Waals surface area contributed by atoms with Gasteiger partial charge in [0.25, 0.3) is 5.91 Å². The third kappa shape index (κ3) is 4.69. The van der Waals surface area contributed by atoms with Gasteiger partial charge in [0.05, 0.1) is 24.3 Å². The van der Waals surface area contributed by atoms with Crippen LogP contribution in [-0.4, -0.2) is 52.9 Å². The van der Waals surface area contributed by atoms with E-state index in [1.54, 1.807) is 11.3 Å². The SMILES string of the molecule is C[C@@H]1CN([C@@H](CNC(=O)c2cn(C)nc2C(F)(F)F)c2cccs2)CCO1. The molecule has 2 aromatic heterocycles. The number of carbonyl (C=O) groups is 1. The molecular weight excluding hydrogens is 381 g/mol. The maximum absolute atomic E-state index is 13.1. The van der Waals surface area contributed by atoms with E-state index in [0.717, 1.165) is 15.8 Å². The number of aryl methyl sites for hydroxylation is 1. The number of hydrogen-bond donors (Lipinski definition) is 1. The lowest BCUT2D eigenvalue weighted by molar-refractivity contribution is -0.141. The van der Waals surface area contributed by atoms with Crippen molar-refractivity contribution in [3.05, 3.63) is 39.8 Å². The number of nitrogens with one attached hydrogen (secondary N) is 1. The molecular formula is C17H21F3N4O2S. The Morgan fingerprint density at radius 2 is 2.30 bits per heavy atom. The second-order valence-electron chi connectivity index (χ2n) is 6.48. The third-order valence-electron chi connectivity index (χ3n) is 4.38. The zero-order chi connectivity index (χ0) is 19.6. The summed E-state index contributed by atoms with van der Waals surface area (Å²) in [5.41, 5.74) is -1.64. The van der Waals surface area contributed by atoms with Gasteiger partial charge in [0.15, 0.2) is 5.69 Å². The lowest BCUT2D eigenvalue weighted by atomic mass is 10.1. The topological polar surface area (TPSA) is 59.4 Å². The van der Waals surface area contributed by atoms with Gasteiger partial charge in [-0.3, -0.25) is 14.4 Å². The molecule has 1 aliphatic rings. The van der Waals surface area contributed by atoms with Crippen LogP contribution in [-0.2, 0) is 18.0 Å². The minimum Gasteiger partial charge on any atom is -0.376 e. The summed E-state index contributed by atoms with van der Waals surface area (Å²) in [6.07, 6.45) is -3.53. The first-order valence-corrected chi connectivity index (χ1v) is 9.41. The number of nitrogens with zero attached hydrogens (tertiary/aromatic N) is 3. The third-order valence-corrected chi connectivity index (χ3v) is 5.36. The summed E-state index contributed by atoms with van der Waals surface area (Å²) >= 11 is 1.55. The van der Waals surface area contributed by atoms with Crippen LogP contribution in [0.5, 0.6) is 0 Å². The summed E-state index contributed by atoms with van der Waals surface area (Å²) in [6.45, 7) is 4.15. The van der Waals surface area contributed by atoms with Crippen LogP contribution in [0.2, 0.25) is 0 Å². The molecule has 0 aliphatic carbocycles. The number of hydrogen-bond acceptors (Lipinski definition) is 5. The van der Waals surface area contributed by atoms with E-state index in [1.807, 2.05) is 24.4 Å². The van der Waals surface area contributed by atoms with Gasteiger partial charge in [-0.15, -0.1) is 11.3 Å². The molecule has 3 rings (SSSR count). The molecule has 27 heavy (non-hydrogen) atoms. The molecule has 1 amide bonds. The van der Waals surface area contributed by atoms with Crippen LogP contribution in [0, 0.1) is 0 Å². The van der Waals surface area contributed by atoms with Crippen LogP contribution in [0.25, 0.3) is 0 Å². The van der Waals surface area contributed by atoms with Crippen LogP contribution in [0.15, 0.2) is 23.7 Å². The van der Waals surface area contributed by atoms with E-state index >= 15 is 0 Å². The molecule has 0 bridgehead atoms. The predicted octanol–water partition coefficient (Wildman–Crippen LogP) is 2.69. The van der Waals surface area contributed by atoms with Crippen molar-refractivity contribution in [1.82, 2.24) is 20.0 Å². The molecule has 3 heterocycles. The molecule has 0 unspecified atom stereocenters. The van der Waals surface area contributed by atoms with Crippen molar-refractivity contribution in [2.75, 3.05) is 26.2 Å². The summed E-state index contributed by atoms with van der Waals surface area (Å²) in [4.78, 5) is 15.7. The number of amides is 1. The van der Waals surface area contributed by atoms with Gasteiger partial charge in [0.2, 0.25) is 0 Å².